The van der Waals surface area contributed by atoms with E-state index in [1.54, 1.807) is 18.9 Å². The molecule has 2 amide bonds. The molecule has 3 saturated heterocycles. The van der Waals surface area contributed by atoms with E-state index in [4.69, 9.17) is 16.3 Å². The number of rotatable bonds is 6. The molecule has 10 atom stereocenters. The molecular formula is C24H40ClN5O3S. The largest absolute Gasteiger partial charge is 0.380 e. The average molecular weight is 514 g/mol. The molecule has 5 aliphatic rings. The van der Waals surface area contributed by atoms with Crippen molar-refractivity contribution in [2.75, 3.05) is 20.2 Å². The molecule has 0 aromatic rings. The van der Waals surface area contributed by atoms with Crippen molar-refractivity contribution in [1.29, 1.82) is 0 Å². The molecule has 5 fully saturated rings. The summed E-state index contributed by atoms with van der Waals surface area (Å²) in [6, 6.07) is 1.15. The normalized spacial score (nSPS) is 44.8. The number of carbonyl (C=O) groups is 2. The predicted octanol–water partition coefficient (Wildman–Crippen LogP) is 1.34. The standard InChI is InChI=1S/C24H40ClN5O3S/c1-12-7-15(16-9-21(25)27-11-19(16)33-2)17(10-26-12)23(32)30-24-29-18-6-3-13(8-20(18)34-24)22(31)28-14-4-5-14/h12-21,24,26-27,29H,3-11H2,1-2H3,(H,28,31)(H,30,32). The molecular weight excluding hydrogens is 474 g/mol. The van der Waals surface area contributed by atoms with Gasteiger partial charge in [0.1, 0.15) is 5.50 Å². The summed E-state index contributed by atoms with van der Waals surface area (Å²) in [6.45, 7) is 3.59. The van der Waals surface area contributed by atoms with Crippen LogP contribution in [0.25, 0.3) is 0 Å². The average Bonchev–Trinajstić information content (AvgIpc) is 3.54. The Kier molecular flexibility index (Phi) is 7.97. The van der Waals surface area contributed by atoms with E-state index in [1.807, 2.05) is 0 Å². The minimum Gasteiger partial charge on any atom is -0.380 e. The monoisotopic (exact) mass is 513 g/mol. The van der Waals surface area contributed by atoms with Gasteiger partial charge in [0.15, 0.2) is 0 Å². The Morgan fingerprint density at radius 1 is 0.971 bits per heavy atom. The van der Waals surface area contributed by atoms with Crippen LogP contribution in [0.3, 0.4) is 0 Å². The molecule has 34 heavy (non-hydrogen) atoms. The molecule has 10 heteroatoms. The smallest absolute Gasteiger partial charge is 0.226 e. The molecule has 2 aliphatic carbocycles. The number of fused-ring (bicyclic) bond motifs is 1. The van der Waals surface area contributed by atoms with E-state index in [0.717, 1.165) is 51.5 Å². The molecule has 0 bridgehead atoms. The van der Waals surface area contributed by atoms with Gasteiger partial charge in [-0.25, -0.2) is 0 Å². The molecule has 0 aromatic heterocycles. The van der Waals surface area contributed by atoms with E-state index in [-0.39, 0.29) is 52.6 Å². The summed E-state index contributed by atoms with van der Waals surface area (Å²) in [5.41, 5.74) is -0.176. The number of halogens is 1. The van der Waals surface area contributed by atoms with Crippen LogP contribution in [0.4, 0.5) is 0 Å². The number of thioether (sulfide) groups is 1. The van der Waals surface area contributed by atoms with Gasteiger partial charge in [-0.2, -0.15) is 0 Å². The fourth-order valence-corrected chi connectivity index (χ4v) is 8.28. The highest BCUT2D eigenvalue weighted by atomic mass is 35.5. The zero-order chi connectivity index (χ0) is 23.8. The van der Waals surface area contributed by atoms with E-state index in [2.05, 4.69) is 33.5 Å². The Morgan fingerprint density at radius 3 is 2.56 bits per heavy atom. The molecule has 0 radical (unpaired) electrons. The van der Waals surface area contributed by atoms with Gasteiger partial charge in [0.25, 0.3) is 0 Å². The van der Waals surface area contributed by atoms with E-state index >= 15 is 0 Å². The minimum atomic E-state index is -0.108. The number of hydrogen-bond acceptors (Lipinski definition) is 7. The van der Waals surface area contributed by atoms with Gasteiger partial charge in [-0.3, -0.25) is 20.2 Å². The molecule has 3 aliphatic heterocycles. The summed E-state index contributed by atoms with van der Waals surface area (Å²) in [5.74, 6) is 0.818. The second-order valence-electron chi connectivity index (χ2n) is 11.0. The lowest BCUT2D eigenvalue weighted by Crippen LogP contribution is -2.57. The zero-order valence-electron chi connectivity index (χ0n) is 20.2. The van der Waals surface area contributed by atoms with Crippen LogP contribution in [0.1, 0.15) is 51.9 Å². The maximum atomic E-state index is 13.5. The Morgan fingerprint density at radius 2 is 1.79 bits per heavy atom. The first-order chi connectivity index (χ1) is 16.4. The van der Waals surface area contributed by atoms with Crippen LogP contribution in [-0.4, -0.2) is 72.5 Å². The van der Waals surface area contributed by atoms with Crippen molar-refractivity contribution < 1.29 is 14.3 Å². The quantitative estimate of drug-likeness (QED) is 0.270. The summed E-state index contributed by atoms with van der Waals surface area (Å²) in [7, 11) is 1.76. The van der Waals surface area contributed by atoms with Crippen LogP contribution in [0, 0.1) is 23.7 Å². The molecule has 0 aromatic carbocycles. The van der Waals surface area contributed by atoms with Gasteiger partial charge >= 0.3 is 0 Å². The van der Waals surface area contributed by atoms with Gasteiger partial charge < -0.3 is 20.7 Å². The van der Waals surface area contributed by atoms with Gasteiger partial charge in [-0.1, -0.05) is 0 Å². The minimum absolute atomic E-state index is 0.0705. The number of hydrogen-bond donors (Lipinski definition) is 5. The van der Waals surface area contributed by atoms with E-state index < -0.39 is 0 Å². The lowest BCUT2D eigenvalue weighted by Gasteiger charge is -2.45. The van der Waals surface area contributed by atoms with Crippen LogP contribution in [-0.2, 0) is 14.3 Å². The van der Waals surface area contributed by atoms with Crippen molar-refractivity contribution in [3.05, 3.63) is 0 Å². The van der Waals surface area contributed by atoms with Crippen molar-refractivity contribution in [2.24, 2.45) is 23.7 Å². The van der Waals surface area contributed by atoms with Crippen molar-refractivity contribution in [1.82, 2.24) is 26.6 Å². The van der Waals surface area contributed by atoms with E-state index in [9.17, 15) is 9.59 Å². The summed E-state index contributed by atoms with van der Waals surface area (Å²) >= 11 is 8.25. The second-order valence-corrected chi connectivity index (χ2v) is 12.9. The molecule has 2 saturated carbocycles. The first-order valence-electron chi connectivity index (χ1n) is 13.1. The first kappa shape index (κ1) is 25.1. The fourth-order valence-electron chi connectivity index (χ4n) is 6.45. The highest BCUT2D eigenvalue weighted by Gasteiger charge is 2.46. The van der Waals surface area contributed by atoms with Crippen LogP contribution in [0.5, 0.6) is 0 Å². The maximum absolute atomic E-state index is 13.5. The predicted molar refractivity (Wildman–Crippen MR) is 134 cm³/mol. The van der Waals surface area contributed by atoms with Crippen LogP contribution in [0.15, 0.2) is 0 Å². The Labute approximate surface area is 212 Å². The van der Waals surface area contributed by atoms with Gasteiger partial charge in [0.05, 0.1) is 17.5 Å². The van der Waals surface area contributed by atoms with Crippen molar-refractivity contribution in [3.63, 3.8) is 0 Å². The summed E-state index contributed by atoms with van der Waals surface area (Å²) in [5, 5.41) is 17.3. The Bertz CT molecular complexity index is 758. The number of ether oxygens (including phenoxy) is 1. The fraction of sp³-hybridized carbons (Fsp3) is 0.917. The van der Waals surface area contributed by atoms with Crippen molar-refractivity contribution in [3.8, 4) is 0 Å². The van der Waals surface area contributed by atoms with Crippen LogP contribution < -0.4 is 26.6 Å². The number of alkyl halides is 1. The Balaban J connectivity index is 1.19. The first-order valence-corrected chi connectivity index (χ1v) is 14.4. The molecule has 5 N–H and O–H groups in total. The number of amides is 2. The zero-order valence-corrected chi connectivity index (χ0v) is 21.8. The number of carbonyl (C=O) groups excluding carboxylic acids is 2. The second kappa shape index (κ2) is 10.8. The number of piperidine rings is 2. The SMILES string of the molecule is COC1CNC(Cl)CC1C1CC(C)NCC1C(=O)NC1NC2CCC(C(=O)NC3CC3)CC2S1. The highest BCUT2D eigenvalue weighted by Crippen LogP contribution is 2.40. The van der Waals surface area contributed by atoms with Crippen molar-refractivity contribution >= 4 is 35.2 Å². The lowest BCUT2D eigenvalue weighted by atomic mass is 9.70. The third kappa shape index (κ3) is 5.70. The molecule has 10 unspecified atom stereocenters. The van der Waals surface area contributed by atoms with Gasteiger partial charge in [-0.15, -0.1) is 23.4 Å². The van der Waals surface area contributed by atoms with E-state index in [1.165, 1.54) is 0 Å². The summed E-state index contributed by atoms with van der Waals surface area (Å²) in [4.78, 5) is 26.1. The van der Waals surface area contributed by atoms with Crippen LogP contribution >= 0.6 is 23.4 Å². The topological polar surface area (TPSA) is 104 Å². The molecule has 8 nitrogen and oxygen atoms in total. The maximum Gasteiger partial charge on any atom is 0.226 e. The van der Waals surface area contributed by atoms with Crippen molar-refractivity contribution in [2.45, 2.75) is 92.3 Å². The molecule has 192 valence electrons. The van der Waals surface area contributed by atoms with Gasteiger partial charge in [0, 0.05) is 49.5 Å². The lowest BCUT2D eigenvalue weighted by molar-refractivity contribution is -0.130. The summed E-state index contributed by atoms with van der Waals surface area (Å²) < 4.78 is 5.80. The van der Waals surface area contributed by atoms with Crippen LogP contribution in [0.2, 0.25) is 0 Å². The molecule has 5 rings (SSSR count). The van der Waals surface area contributed by atoms with Gasteiger partial charge in [0.2, 0.25) is 11.8 Å². The summed E-state index contributed by atoms with van der Waals surface area (Å²) in [6.07, 6.45) is 6.87. The Hall–Kier alpha value is -0.580. The van der Waals surface area contributed by atoms with Gasteiger partial charge in [-0.05, 0) is 63.7 Å². The number of methoxy groups -OCH3 is 1. The number of nitrogens with one attached hydrogen (secondary N) is 5. The molecule has 3 heterocycles. The van der Waals surface area contributed by atoms with E-state index in [0.29, 0.717) is 29.9 Å². The highest BCUT2D eigenvalue weighted by molar-refractivity contribution is 8.00. The third-order valence-corrected chi connectivity index (χ3v) is 10.3. The molecule has 0 spiro atoms. The third-order valence-electron chi connectivity index (χ3n) is 8.55.